The van der Waals surface area contributed by atoms with Crippen molar-refractivity contribution in [3.63, 3.8) is 0 Å². The number of rotatable bonds is 4. The van der Waals surface area contributed by atoms with E-state index in [4.69, 9.17) is 9.85 Å². The second-order valence-electron chi connectivity index (χ2n) is 7.72. The average Bonchev–Trinajstić information content (AvgIpc) is 3.27. The summed E-state index contributed by atoms with van der Waals surface area (Å²) in [6.07, 6.45) is 6.57. The van der Waals surface area contributed by atoms with Gasteiger partial charge in [0, 0.05) is 34.2 Å². The molecule has 2 fully saturated rings. The zero-order valence-electron chi connectivity index (χ0n) is 18.7. The van der Waals surface area contributed by atoms with Gasteiger partial charge in [-0.1, -0.05) is 24.6 Å². The van der Waals surface area contributed by atoms with E-state index in [1.54, 1.807) is 25.4 Å². The molecule has 7 nitrogen and oxygen atoms in total. The van der Waals surface area contributed by atoms with Gasteiger partial charge in [-0.2, -0.15) is 0 Å². The molecular formula is C20H25N5O2S. The van der Waals surface area contributed by atoms with Gasteiger partial charge < -0.3 is 10.6 Å². The fourth-order valence-electron chi connectivity index (χ4n) is 3.80. The van der Waals surface area contributed by atoms with Gasteiger partial charge in [0.05, 0.1) is 4.88 Å². The van der Waals surface area contributed by atoms with Crippen LogP contribution in [0.25, 0.3) is 10.4 Å². The van der Waals surface area contributed by atoms with Crippen molar-refractivity contribution in [3.05, 3.63) is 30.2 Å². The van der Waals surface area contributed by atoms with Gasteiger partial charge in [0.25, 0.3) is 0 Å². The lowest BCUT2D eigenvalue weighted by atomic mass is 9.68. The van der Waals surface area contributed by atoms with Crippen LogP contribution in [0.1, 0.15) is 55.7 Å². The Hall–Kier alpha value is -2.48. The van der Waals surface area contributed by atoms with Crippen LogP contribution in [-0.2, 0) is 10.2 Å². The number of nitrogens with one attached hydrogen (secondary N) is 1. The molecule has 2 aliphatic rings. The molecule has 1 aliphatic carbocycles. The minimum absolute atomic E-state index is 0.395. The summed E-state index contributed by atoms with van der Waals surface area (Å²) in [6, 6.07) is 3.21. The van der Waals surface area contributed by atoms with E-state index in [0.29, 0.717) is 43.1 Å². The minimum atomic E-state index is -2.10. The Kier molecular flexibility index (Phi) is 3.77. The van der Waals surface area contributed by atoms with Crippen LogP contribution in [0, 0.1) is 0 Å². The Labute approximate surface area is 172 Å². The van der Waals surface area contributed by atoms with Crippen LogP contribution in [0.5, 0.6) is 0 Å². The Balaban J connectivity index is 1.54. The van der Waals surface area contributed by atoms with Crippen LogP contribution in [0.2, 0.25) is 0 Å². The van der Waals surface area contributed by atoms with Gasteiger partial charge >= 0.3 is 6.03 Å². The molecule has 0 radical (unpaired) electrons. The molecule has 0 spiro atoms. The third-order valence-corrected chi connectivity index (χ3v) is 6.84. The highest BCUT2D eigenvalue weighted by Gasteiger charge is 2.44. The zero-order valence-corrected chi connectivity index (χ0v) is 16.5. The highest BCUT2D eigenvalue weighted by Crippen LogP contribution is 2.43. The van der Waals surface area contributed by atoms with E-state index in [-0.39, 0.29) is 0 Å². The molecule has 3 heterocycles. The van der Waals surface area contributed by atoms with E-state index >= 15 is 0 Å². The summed E-state index contributed by atoms with van der Waals surface area (Å²) in [7, 11) is 0. The number of carbonyl (C=O) groups is 2. The van der Waals surface area contributed by atoms with Gasteiger partial charge in [-0.05, 0) is 50.3 Å². The summed E-state index contributed by atoms with van der Waals surface area (Å²) in [6.45, 7) is 0.0237. The van der Waals surface area contributed by atoms with Crippen molar-refractivity contribution in [1.29, 1.82) is 0 Å². The van der Waals surface area contributed by atoms with Crippen LogP contribution in [0.3, 0.4) is 0 Å². The van der Waals surface area contributed by atoms with E-state index < -0.39 is 29.7 Å². The number of hydrogen-bond acceptors (Lipinski definition) is 5. The number of urea groups is 1. The van der Waals surface area contributed by atoms with Gasteiger partial charge in [-0.15, -0.1) is 0 Å². The van der Waals surface area contributed by atoms with Crippen molar-refractivity contribution in [2.45, 2.75) is 56.8 Å². The summed E-state index contributed by atoms with van der Waals surface area (Å²) in [5, 5.41) is 3.15. The number of likely N-dealkylation sites (tertiary alicyclic amines) is 1. The number of carbonyl (C=O) groups excluding carboxylic acids is 2. The monoisotopic (exact) mass is 402 g/mol. The molecule has 0 bridgehead atoms. The highest BCUT2D eigenvalue weighted by atomic mass is 32.1. The second-order valence-corrected chi connectivity index (χ2v) is 8.75. The molecule has 2 aromatic heterocycles. The summed E-state index contributed by atoms with van der Waals surface area (Å²) >= 11 is 1.28. The molecule has 0 unspecified atom stereocenters. The number of amides is 3. The third-order valence-electron chi connectivity index (χ3n) is 5.88. The van der Waals surface area contributed by atoms with Crippen molar-refractivity contribution in [3.8, 4) is 10.4 Å². The molecule has 8 heteroatoms. The highest BCUT2D eigenvalue weighted by molar-refractivity contribution is 7.19. The molecule has 28 heavy (non-hydrogen) atoms. The van der Waals surface area contributed by atoms with E-state index in [1.807, 2.05) is 6.07 Å². The number of thiazole rings is 1. The maximum absolute atomic E-state index is 12.7. The van der Waals surface area contributed by atoms with Crippen LogP contribution in [-0.4, -0.2) is 38.9 Å². The molecule has 3 N–H and O–H groups in total. The second kappa shape index (κ2) is 6.84. The molecule has 0 aromatic carbocycles. The van der Waals surface area contributed by atoms with Crippen LogP contribution in [0.4, 0.5) is 9.93 Å². The number of anilines is 1. The van der Waals surface area contributed by atoms with Crippen molar-refractivity contribution in [2.75, 3.05) is 11.9 Å². The fourth-order valence-corrected chi connectivity index (χ4v) is 4.60. The lowest BCUT2D eigenvalue weighted by Gasteiger charge is -2.37. The van der Waals surface area contributed by atoms with E-state index in [9.17, 15) is 9.59 Å². The first-order valence-electron chi connectivity index (χ1n) is 10.9. The molecule has 148 valence electrons. The van der Waals surface area contributed by atoms with E-state index in [2.05, 4.69) is 15.3 Å². The van der Waals surface area contributed by atoms with Crippen molar-refractivity contribution in [1.82, 2.24) is 14.9 Å². The molecule has 1 saturated carbocycles. The first-order valence-corrected chi connectivity index (χ1v) is 10.2. The number of primary amides is 1. The summed E-state index contributed by atoms with van der Waals surface area (Å²) < 4.78 is 23.9. The number of nitrogens with zero attached hydrogens (tertiary/aromatic N) is 3. The maximum atomic E-state index is 12.7. The maximum Gasteiger partial charge on any atom is 0.324 e. The predicted molar refractivity (Wildman–Crippen MR) is 109 cm³/mol. The van der Waals surface area contributed by atoms with Gasteiger partial charge in [-0.3, -0.25) is 15.1 Å². The van der Waals surface area contributed by atoms with Gasteiger partial charge in [0.1, 0.15) is 5.54 Å². The standard InChI is InChI=1S/C20H25N5O2S/c1-19(6-3-7-19)15-11-13(5-9-22-15)14-12-23-17(28-14)24-18(27)25-10-4-8-20(25,2)16(21)26/h5,9,11-12H,3-4,6-8,10H2,1-2H3,(H2,21,26)(H,23,24,27)/t20-/m0/s1/i1D3. The fraction of sp³-hybridized carbons (Fsp3) is 0.500. The third kappa shape index (κ3) is 3.15. The SMILES string of the molecule is [2H]C([2H])([2H])C1(c2cc(-c3cnc(NC(=O)N4CCC[C@@]4(C)C(N)=O)s3)ccn2)CCC1. The largest absolute Gasteiger partial charge is 0.368 e. The Bertz CT molecular complexity index is 1020. The zero-order chi connectivity index (χ0) is 22.4. The molecular weight excluding hydrogens is 374 g/mol. The van der Waals surface area contributed by atoms with Crippen LogP contribution >= 0.6 is 11.3 Å². The van der Waals surface area contributed by atoms with Crippen LogP contribution < -0.4 is 11.1 Å². The van der Waals surface area contributed by atoms with Crippen molar-refractivity contribution in [2.24, 2.45) is 5.73 Å². The summed E-state index contributed by atoms with van der Waals surface area (Å²) in [4.78, 5) is 35.5. The summed E-state index contributed by atoms with van der Waals surface area (Å²) in [5.74, 6) is -0.525. The topological polar surface area (TPSA) is 101 Å². The molecule has 1 atom stereocenters. The number of pyridine rings is 1. The first-order chi connectivity index (χ1) is 14.6. The lowest BCUT2D eigenvalue weighted by molar-refractivity contribution is -0.126. The molecule has 4 rings (SSSR count). The molecule has 1 aliphatic heterocycles. The van der Waals surface area contributed by atoms with Crippen molar-refractivity contribution >= 4 is 28.4 Å². The Morgan fingerprint density at radius 1 is 1.32 bits per heavy atom. The van der Waals surface area contributed by atoms with Gasteiger partial charge in [-0.25, -0.2) is 9.78 Å². The first kappa shape index (κ1) is 15.4. The van der Waals surface area contributed by atoms with Gasteiger partial charge in [0.15, 0.2) is 5.13 Å². The lowest BCUT2D eigenvalue weighted by Crippen LogP contribution is -2.55. The van der Waals surface area contributed by atoms with Gasteiger partial charge in [0.2, 0.25) is 5.91 Å². The normalized spacial score (nSPS) is 25.3. The number of hydrogen-bond donors (Lipinski definition) is 2. The predicted octanol–water partition coefficient (Wildman–Crippen LogP) is 3.52. The minimum Gasteiger partial charge on any atom is -0.368 e. The van der Waals surface area contributed by atoms with Crippen molar-refractivity contribution < 1.29 is 13.7 Å². The Morgan fingerprint density at radius 3 is 2.82 bits per heavy atom. The molecule has 2 aromatic rings. The molecule has 3 amide bonds. The number of nitrogens with two attached hydrogens (primary N) is 1. The Morgan fingerprint density at radius 2 is 2.14 bits per heavy atom. The number of aromatic nitrogens is 2. The summed E-state index contributed by atoms with van der Waals surface area (Å²) in [5.41, 5.74) is 5.00. The smallest absolute Gasteiger partial charge is 0.324 e. The van der Waals surface area contributed by atoms with Crippen LogP contribution in [0.15, 0.2) is 24.5 Å². The van der Waals surface area contributed by atoms with E-state index in [0.717, 1.165) is 16.9 Å². The van der Waals surface area contributed by atoms with E-state index in [1.165, 1.54) is 16.2 Å². The molecule has 1 saturated heterocycles. The average molecular weight is 403 g/mol. The quantitative estimate of drug-likeness (QED) is 0.817.